The summed E-state index contributed by atoms with van der Waals surface area (Å²) in [7, 11) is 0. The highest BCUT2D eigenvalue weighted by atomic mass is 15.3. The van der Waals surface area contributed by atoms with E-state index in [0.717, 1.165) is 35.6 Å². The standard InChI is InChI=1S/C15H13N5/c1-2-4-13-11(3-1)7-18-15(19-13)20-9-12(10-20)14-8-16-5-6-17-14/h1-8,12H,9-10H2. The fraction of sp³-hybridized carbons (Fsp3) is 0.200. The van der Waals surface area contributed by atoms with Crippen LogP contribution in [0.25, 0.3) is 10.9 Å². The lowest BCUT2D eigenvalue weighted by Gasteiger charge is -2.38. The van der Waals surface area contributed by atoms with Crippen LogP contribution in [0.4, 0.5) is 5.95 Å². The van der Waals surface area contributed by atoms with Crippen LogP contribution < -0.4 is 4.90 Å². The van der Waals surface area contributed by atoms with E-state index in [1.165, 1.54) is 0 Å². The number of hydrogen-bond donors (Lipinski definition) is 0. The van der Waals surface area contributed by atoms with E-state index in [4.69, 9.17) is 0 Å². The van der Waals surface area contributed by atoms with Crippen LogP contribution in [0.1, 0.15) is 11.6 Å². The van der Waals surface area contributed by atoms with E-state index >= 15 is 0 Å². The molecule has 0 atom stereocenters. The molecule has 1 aromatic carbocycles. The topological polar surface area (TPSA) is 54.8 Å². The molecule has 2 aromatic heterocycles. The second-order valence-corrected chi connectivity index (χ2v) is 4.96. The highest BCUT2D eigenvalue weighted by molar-refractivity contribution is 5.78. The van der Waals surface area contributed by atoms with Crippen LogP contribution >= 0.6 is 0 Å². The minimum absolute atomic E-state index is 0.429. The molecule has 3 heterocycles. The van der Waals surface area contributed by atoms with Crippen LogP contribution in [0.15, 0.2) is 49.1 Å². The predicted octanol–water partition coefficient (Wildman–Crippen LogP) is 2.02. The molecule has 1 aliphatic rings. The van der Waals surface area contributed by atoms with Crippen molar-refractivity contribution in [1.82, 2.24) is 19.9 Å². The van der Waals surface area contributed by atoms with Crippen LogP contribution in [0.2, 0.25) is 0 Å². The maximum Gasteiger partial charge on any atom is 0.225 e. The SMILES string of the molecule is c1ccc2nc(N3CC(c4cnccn4)C3)ncc2c1. The Hall–Kier alpha value is -2.56. The maximum atomic E-state index is 4.60. The van der Waals surface area contributed by atoms with Crippen LogP contribution in [-0.2, 0) is 0 Å². The Kier molecular flexibility index (Phi) is 2.55. The summed E-state index contributed by atoms with van der Waals surface area (Å²) >= 11 is 0. The van der Waals surface area contributed by atoms with E-state index in [1.54, 1.807) is 12.4 Å². The third kappa shape index (κ3) is 1.87. The van der Waals surface area contributed by atoms with Crippen molar-refractivity contribution in [3.8, 4) is 0 Å². The fourth-order valence-corrected chi connectivity index (χ4v) is 2.47. The van der Waals surface area contributed by atoms with Gasteiger partial charge in [0.05, 0.1) is 11.2 Å². The summed E-state index contributed by atoms with van der Waals surface area (Å²) in [6, 6.07) is 8.04. The zero-order valence-electron chi connectivity index (χ0n) is 10.8. The second-order valence-electron chi connectivity index (χ2n) is 4.96. The van der Waals surface area contributed by atoms with Crippen molar-refractivity contribution in [3.05, 3.63) is 54.7 Å². The zero-order chi connectivity index (χ0) is 13.4. The van der Waals surface area contributed by atoms with Gasteiger partial charge in [-0.15, -0.1) is 0 Å². The molecule has 0 unspecified atom stereocenters. The molecule has 4 rings (SSSR count). The van der Waals surface area contributed by atoms with Crippen molar-refractivity contribution < 1.29 is 0 Å². The third-order valence-electron chi connectivity index (χ3n) is 3.64. The average molecular weight is 263 g/mol. The van der Waals surface area contributed by atoms with Gasteiger partial charge in [-0.2, -0.15) is 0 Å². The molecule has 0 N–H and O–H groups in total. The molecule has 1 fully saturated rings. The van der Waals surface area contributed by atoms with Gasteiger partial charge >= 0.3 is 0 Å². The van der Waals surface area contributed by atoms with E-state index in [1.807, 2.05) is 36.7 Å². The lowest BCUT2D eigenvalue weighted by Crippen LogP contribution is -2.46. The first-order valence-corrected chi connectivity index (χ1v) is 6.63. The van der Waals surface area contributed by atoms with E-state index in [-0.39, 0.29) is 0 Å². The van der Waals surface area contributed by atoms with Crippen molar-refractivity contribution in [2.75, 3.05) is 18.0 Å². The number of aromatic nitrogens is 4. The van der Waals surface area contributed by atoms with Gasteiger partial charge in [0.1, 0.15) is 0 Å². The van der Waals surface area contributed by atoms with E-state index in [2.05, 4.69) is 24.8 Å². The van der Waals surface area contributed by atoms with Gasteiger partial charge in [-0.25, -0.2) is 9.97 Å². The number of para-hydroxylation sites is 1. The monoisotopic (exact) mass is 263 g/mol. The van der Waals surface area contributed by atoms with Crippen molar-refractivity contribution >= 4 is 16.9 Å². The van der Waals surface area contributed by atoms with Gasteiger partial charge in [-0.1, -0.05) is 18.2 Å². The summed E-state index contributed by atoms with van der Waals surface area (Å²) in [5, 5.41) is 1.07. The summed E-state index contributed by atoms with van der Waals surface area (Å²) in [4.78, 5) is 19.7. The minimum atomic E-state index is 0.429. The molecule has 0 saturated carbocycles. The summed E-state index contributed by atoms with van der Waals surface area (Å²) in [5.74, 6) is 1.22. The molecule has 98 valence electrons. The first-order chi connectivity index (χ1) is 9.90. The first kappa shape index (κ1) is 11.3. The molecule has 0 radical (unpaired) electrons. The number of anilines is 1. The van der Waals surface area contributed by atoms with Crippen LogP contribution in [0.3, 0.4) is 0 Å². The molecule has 1 aliphatic heterocycles. The Balaban J connectivity index is 1.54. The molecule has 1 saturated heterocycles. The first-order valence-electron chi connectivity index (χ1n) is 6.63. The normalized spacial score (nSPS) is 15.3. The minimum Gasteiger partial charge on any atom is -0.339 e. The third-order valence-corrected chi connectivity index (χ3v) is 3.64. The van der Waals surface area contributed by atoms with Gasteiger partial charge in [-0.05, 0) is 6.07 Å². The number of rotatable bonds is 2. The Labute approximate surface area is 116 Å². The van der Waals surface area contributed by atoms with Gasteiger partial charge in [0.2, 0.25) is 5.95 Å². The van der Waals surface area contributed by atoms with Crippen molar-refractivity contribution in [1.29, 1.82) is 0 Å². The fourth-order valence-electron chi connectivity index (χ4n) is 2.47. The van der Waals surface area contributed by atoms with E-state index in [0.29, 0.717) is 5.92 Å². The lowest BCUT2D eigenvalue weighted by molar-refractivity contribution is 0.502. The molecular formula is C15H13N5. The summed E-state index contributed by atoms with van der Waals surface area (Å²) in [6.07, 6.45) is 7.16. The molecule has 0 aliphatic carbocycles. The Morgan fingerprint density at radius 1 is 1.00 bits per heavy atom. The Morgan fingerprint density at radius 3 is 2.75 bits per heavy atom. The van der Waals surface area contributed by atoms with E-state index < -0.39 is 0 Å². The molecule has 20 heavy (non-hydrogen) atoms. The number of nitrogens with zero attached hydrogens (tertiary/aromatic N) is 5. The number of fused-ring (bicyclic) bond motifs is 1. The van der Waals surface area contributed by atoms with Gasteiger partial charge < -0.3 is 4.90 Å². The molecule has 0 spiro atoms. The smallest absolute Gasteiger partial charge is 0.225 e. The molecule has 5 nitrogen and oxygen atoms in total. The second kappa shape index (κ2) is 4.52. The van der Waals surface area contributed by atoms with Crippen LogP contribution in [-0.4, -0.2) is 33.0 Å². The van der Waals surface area contributed by atoms with Gasteiger partial charge in [0.25, 0.3) is 0 Å². The molecule has 0 bridgehead atoms. The van der Waals surface area contributed by atoms with Gasteiger partial charge in [0, 0.05) is 49.2 Å². The maximum absolute atomic E-state index is 4.60. The van der Waals surface area contributed by atoms with Crippen molar-refractivity contribution in [2.45, 2.75) is 5.92 Å². The predicted molar refractivity (Wildman–Crippen MR) is 76.5 cm³/mol. The lowest BCUT2D eigenvalue weighted by atomic mass is 9.97. The van der Waals surface area contributed by atoms with E-state index in [9.17, 15) is 0 Å². The van der Waals surface area contributed by atoms with Crippen LogP contribution in [0, 0.1) is 0 Å². The summed E-state index contributed by atoms with van der Waals surface area (Å²) in [5.41, 5.74) is 2.03. The van der Waals surface area contributed by atoms with Gasteiger partial charge in [-0.3, -0.25) is 9.97 Å². The van der Waals surface area contributed by atoms with Crippen molar-refractivity contribution in [2.24, 2.45) is 0 Å². The molecular weight excluding hydrogens is 250 g/mol. The average Bonchev–Trinajstić information content (AvgIpc) is 2.47. The summed E-state index contributed by atoms with van der Waals surface area (Å²) in [6.45, 7) is 1.80. The molecule has 0 amide bonds. The molecule has 3 aromatic rings. The molecule has 5 heteroatoms. The zero-order valence-corrected chi connectivity index (χ0v) is 10.8. The van der Waals surface area contributed by atoms with Crippen molar-refractivity contribution in [3.63, 3.8) is 0 Å². The van der Waals surface area contributed by atoms with Crippen LogP contribution in [0.5, 0.6) is 0 Å². The Bertz CT molecular complexity index is 737. The highest BCUT2D eigenvalue weighted by Gasteiger charge is 2.31. The number of benzene rings is 1. The summed E-state index contributed by atoms with van der Waals surface area (Å²) < 4.78 is 0. The highest BCUT2D eigenvalue weighted by Crippen LogP contribution is 2.28. The quantitative estimate of drug-likeness (QED) is 0.708. The van der Waals surface area contributed by atoms with Gasteiger partial charge in [0.15, 0.2) is 0 Å². The Morgan fingerprint density at radius 2 is 1.90 bits per heavy atom. The number of hydrogen-bond acceptors (Lipinski definition) is 5. The largest absolute Gasteiger partial charge is 0.339 e.